The molecule has 0 radical (unpaired) electrons. The lowest BCUT2D eigenvalue weighted by Gasteiger charge is -2.27. The first kappa shape index (κ1) is 17.1. The molecule has 1 aliphatic heterocycles. The molecule has 128 valence electrons. The number of benzene rings is 1. The van der Waals surface area contributed by atoms with E-state index in [4.69, 9.17) is 0 Å². The van der Waals surface area contributed by atoms with E-state index >= 15 is 0 Å². The number of thiophene rings is 1. The predicted octanol–water partition coefficient (Wildman–Crippen LogP) is 2.31. The van der Waals surface area contributed by atoms with Gasteiger partial charge in [-0.25, -0.2) is 13.1 Å². The molecule has 1 amide bonds. The lowest BCUT2D eigenvalue weighted by molar-refractivity contribution is -0.131. The first-order valence-electron chi connectivity index (χ1n) is 7.85. The molecule has 24 heavy (non-hydrogen) atoms. The van der Waals surface area contributed by atoms with Crippen LogP contribution in [0.15, 0.2) is 40.6 Å². The molecule has 0 atom stereocenters. The Morgan fingerprint density at radius 2 is 2.00 bits per heavy atom. The summed E-state index contributed by atoms with van der Waals surface area (Å²) in [5, 5.41) is 2.05. The van der Waals surface area contributed by atoms with Crippen molar-refractivity contribution in [2.45, 2.75) is 31.2 Å². The second-order valence-corrected chi connectivity index (χ2v) is 8.66. The van der Waals surface area contributed by atoms with Gasteiger partial charge in [-0.15, -0.1) is 11.3 Å². The topological polar surface area (TPSA) is 66.5 Å². The molecule has 0 spiro atoms. The number of nitrogens with zero attached hydrogens (tertiary/aromatic N) is 1. The minimum atomic E-state index is -3.56. The molecule has 5 nitrogen and oxygen atoms in total. The van der Waals surface area contributed by atoms with E-state index in [1.54, 1.807) is 40.5 Å². The molecule has 0 fully saturated rings. The molecule has 0 saturated carbocycles. The van der Waals surface area contributed by atoms with Gasteiger partial charge in [-0.1, -0.05) is 17.7 Å². The highest BCUT2D eigenvalue weighted by molar-refractivity contribution is 7.89. The summed E-state index contributed by atoms with van der Waals surface area (Å²) in [6, 6.07) is 8.71. The number of rotatable bonds is 5. The van der Waals surface area contributed by atoms with E-state index in [2.05, 4.69) is 10.8 Å². The van der Waals surface area contributed by atoms with Gasteiger partial charge in [-0.05, 0) is 42.5 Å². The van der Waals surface area contributed by atoms with E-state index in [0.717, 1.165) is 12.0 Å². The summed E-state index contributed by atoms with van der Waals surface area (Å²) >= 11 is 1.73. The van der Waals surface area contributed by atoms with Crippen LogP contribution < -0.4 is 4.72 Å². The third kappa shape index (κ3) is 3.85. The fraction of sp³-hybridized carbons (Fsp3) is 0.353. The van der Waals surface area contributed by atoms with Crippen LogP contribution in [0.5, 0.6) is 0 Å². The van der Waals surface area contributed by atoms with Gasteiger partial charge in [0.1, 0.15) is 0 Å². The molecule has 1 aliphatic rings. The molecule has 1 N–H and O–H groups in total. The molecule has 0 saturated heterocycles. The highest BCUT2D eigenvalue weighted by Gasteiger charge is 2.22. The number of carbonyl (C=O) groups excluding carboxylic acids is 1. The van der Waals surface area contributed by atoms with Crippen molar-refractivity contribution in [1.29, 1.82) is 0 Å². The van der Waals surface area contributed by atoms with Crippen LogP contribution in [0, 0.1) is 6.92 Å². The molecule has 0 aliphatic carbocycles. The predicted molar refractivity (Wildman–Crippen MR) is 94.4 cm³/mol. The Morgan fingerprint density at radius 3 is 2.75 bits per heavy atom. The van der Waals surface area contributed by atoms with Crippen molar-refractivity contribution in [3.63, 3.8) is 0 Å². The van der Waals surface area contributed by atoms with Crippen LogP contribution in [0.3, 0.4) is 0 Å². The van der Waals surface area contributed by atoms with E-state index in [1.807, 2.05) is 12.3 Å². The van der Waals surface area contributed by atoms with Crippen LogP contribution in [0.25, 0.3) is 0 Å². The van der Waals surface area contributed by atoms with Crippen LogP contribution in [-0.2, 0) is 27.8 Å². The van der Waals surface area contributed by atoms with Crippen molar-refractivity contribution in [1.82, 2.24) is 9.62 Å². The summed E-state index contributed by atoms with van der Waals surface area (Å²) in [6.07, 6.45) is 1.05. The summed E-state index contributed by atoms with van der Waals surface area (Å²) in [7, 11) is -3.56. The van der Waals surface area contributed by atoms with E-state index in [-0.39, 0.29) is 23.8 Å². The second kappa shape index (κ2) is 7.04. The normalized spacial score (nSPS) is 14.5. The lowest BCUT2D eigenvalue weighted by Crippen LogP contribution is -2.37. The fourth-order valence-corrected chi connectivity index (χ4v) is 4.63. The van der Waals surface area contributed by atoms with Crippen molar-refractivity contribution in [2.75, 3.05) is 13.1 Å². The number of nitrogens with one attached hydrogen (secondary N) is 1. The van der Waals surface area contributed by atoms with Gasteiger partial charge in [-0.2, -0.15) is 0 Å². The molecule has 3 rings (SSSR count). The first-order chi connectivity index (χ1) is 11.5. The number of aryl methyl sites for hydroxylation is 1. The highest BCUT2D eigenvalue weighted by atomic mass is 32.2. The maximum absolute atomic E-state index is 12.3. The molecule has 0 unspecified atom stereocenters. The third-order valence-electron chi connectivity index (χ3n) is 4.12. The molecule has 1 aromatic carbocycles. The standard InChI is InChI=1S/C17H20N2O3S2/c1-13-2-4-15(5-3-13)24(21,22)18-9-6-17(20)19-10-7-16-14(12-19)8-11-23-16/h2-5,8,11,18H,6-7,9-10,12H2,1H3. The van der Waals surface area contributed by atoms with Gasteiger partial charge in [0, 0.05) is 30.9 Å². The number of hydrogen-bond acceptors (Lipinski definition) is 4. The Kier molecular flexibility index (Phi) is 5.03. The summed E-state index contributed by atoms with van der Waals surface area (Å²) in [4.78, 5) is 15.7. The van der Waals surface area contributed by atoms with Crippen LogP contribution in [-0.4, -0.2) is 32.3 Å². The largest absolute Gasteiger partial charge is 0.338 e. The number of carbonyl (C=O) groups is 1. The molecule has 2 aromatic rings. The SMILES string of the molecule is Cc1ccc(S(=O)(=O)NCCC(=O)N2CCc3sccc3C2)cc1. The minimum absolute atomic E-state index is 0.0153. The smallest absolute Gasteiger partial charge is 0.240 e. The average molecular weight is 364 g/mol. The number of sulfonamides is 1. The van der Waals surface area contributed by atoms with Crippen molar-refractivity contribution in [2.24, 2.45) is 0 Å². The first-order valence-corrected chi connectivity index (χ1v) is 10.2. The molecule has 2 heterocycles. The summed E-state index contributed by atoms with van der Waals surface area (Å²) in [5.41, 5.74) is 2.21. The second-order valence-electron chi connectivity index (χ2n) is 5.90. The fourth-order valence-electron chi connectivity index (χ4n) is 2.71. The number of amides is 1. The monoisotopic (exact) mass is 364 g/mol. The number of fused-ring (bicyclic) bond motifs is 1. The van der Waals surface area contributed by atoms with Gasteiger partial charge in [0.15, 0.2) is 0 Å². The number of hydrogen-bond donors (Lipinski definition) is 1. The Hall–Kier alpha value is -1.70. The summed E-state index contributed by atoms with van der Waals surface area (Å²) < 4.78 is 26.9. The zero-order valence-electron chi connectivity index (χ0n) is 13.5. The Bertz CT molecular complexity index is 826. The Balaban J connectivity index is 1.53. The third-order valence-corrected chi connectivity index (χ3v) is 6.62. The van der Waals surface area contributed by atoms with Crippen LogP contribution in [0.2, 0.25) is 0 Å². The minimum Gasteiger partial charge on any atom is -0.338 e. The van der Waals surface area contributed by atoms with Crippen molar-refractivity contribution in [3.05, 3.63) is 51.7 Å². The maximum Gasteiger partial charge on any atom is 0.240 e. The Labute approximate surface area is 146 Å². The van der Waals surface area contributed by atoms with E-state index in [9.17, 15) is 13.2 Å². The van der Waals surface area contributed by atoms with E-state index in [0.29, 0.717) is 13.1 Å². The lowest BCUT2D eigenvalue weighted by atomic mass is 10.1. The maximum atomic E-state index is 12.3. The average Bonchev–Trinajstić information content (AvgIpc) is 3.02. The molecular formula is C17H20N2O3S2. The quantitative estimate of drug-likeness (QED) is 0.885. The van der Waals surface area contributed by atoms with Crippen molar-refractivity contribution < 1.29 is 13.2 Å². The van der Waals surface area contributed by atoms with Crippen molar-refractivity contribution >= 4 is 27.3 Å². The van der Waals surface area contributed by atoms with Gasteiger partial charge < -0.3 is 4.90 Å². The van der Waals surface area contributed by atoms with Gasteiger partial charge in [0.2, 0.25) is 15.9 Å². The van der Waals surface area contributed by atoms with E-state index in [1.165, 1.54) is 10.4 Å². The Morgan fingerprint density at radius 1 is 1.25 bits per heavy atom. The molecule has 0 bridgehead atoms. The van der Waals surface area contributed by atoms with Gasteiger partial charge in [0.25, 0.3) is 0 Å². The van der Waals surface area contributed by atoms with Gasteiger partial charge in [-0.3, -0.25) is 4.79 Å². The zero-order chi connectivity index (χ0) is 17.2. The highest BCUT2D eigenvalue weighted by Crippen LogP contribution is 2.24. The summed E-state index contributed by atoms with van der Waals surface area (Å²) in [5.74, 6) is -0.0153. The van der Waals surface area contributed by atoms with Crippen LogP contribution in [0.1, 0.15) is 22.4 Å². The molecule has 7 heteroatoms. The van der Waals surface area contributed by atoms with Crippen LogP contribution in [0.4, 0.5) is 0 Å². The molecular weight excluding hydrogens is 344 g/mol. The van der Waals surface area contributed by atoms with E-state index < -0.39 is 10.0 Å². The van der Waals surface area contributed by atoms with Crippen molar-refractivity contribution in [3.8, 4) is 0 Å². The molecule has 1 aromatic heterocycles. The zero-order valence-corrected chi connectivity index (χ0v) is 15.1. The van der Waals surface area contributed by atoms with Gasteiger partial charge in [0.05, 0.1) is 4.90 Å². The van der Waals surface area contributed by atoms with Crippen LogP contribution >= 0.6 is 11.3 Å². The van der Waals surface area contributed by atoms with Gasteiger partial charge >= 0.3 is 0 Å². The summed E-state index contributed by atoms with van der Waals surface area (Å²) in [6.45, 7) is 3.35.